The summed E-state index contributed by atoms with van der Waals surface area (Å²) >= 11 is 0. The summed E-state index contributed by atoms with van der Waals surface area (Å²) in [4.78, 5) is 16.0. The van der Waals surface area contributed by atoms with Crippen LogP contribution in [0, 0.1) is 12.3 Å². The van der Waals surface area contributed by atoms with E-state index in [1.54, 1.807) is 18.3 Å². The maximum atomic E-state index is 11.9. The van der Waals surface area contributed by atoms with Crippen LogP contribution in [0.1, 0.15) is 28.9 Å². The van der Waals surface area contributed by atoms with E-state index in [1.807, 2.05) is 6.92 Å². The van der Waals surface area contributed by atoms with Crippen molar-refractivity contribution in [2.45, 2.75) is 19.8 Å². The zero-order valence-electron chi connectivity index (χ0n) is 9.49. The predicted molar refractivity (Wildman–Crippen MR) is 62.0 cm³/mol. The van der Waals surface area contributed by atoms with Crippen molar-refractivity contribution in [3.63, 3.8) is 0 Å². The van der Waals surface area contributed by atoms with Gasteiger partial charge in [-0.15, -0.1) is 0 Å². The molecule has 0 aliphatic heterocycles. The van der Waals surface area contributed by atoms with Crippen LogP contribution in [-0.4, -0.2) is 24.0 Å². The normalized spacial score (nSPS) is 16.9. The molecule has 0 atom stereocenters. The molecule has 0 aromatic carbocycles. The number of hydrogen-bond acceptors (Lipinski definition) is 3. The van der Waals surface area contributed by atoms with Gasteiger partial charge >= 0.3 is 0 Å². The molecule has 1 heterocycles. The molecule has 4 heteroatoms. The lowest BCUT2D eigenvalue weighted by atomic mass is 10.1. The second-order valence-electron chi connectivity index (χ2n) is 4.52. The molecule has 86 valence electrons. The van der Waals surface area contributed by atoms with E-state index in [4.69, 9.17) is 5.73 Å². The number of pyridine rings is 1. The van der Waals surface area contributed by atoms with Gasteiger partial charge in [0.1, 0.15) is 0 Å². The molecule has 0 radical (unpaired) electrons. The number of amides is 1. The van der Waals surface area contributed by atoms with Crippen molar-refractivity contribution in [3.05, 3.63) is 29.6 Å². The number of hydrogen-bond donors (Lipinski definition) is 2. The molecule has 1 aromatic heterocycles. The Bertz CT molecular complexity index is 399. The van der Waals surface area contributed by atoms with Gasteiger partial charge in [-0.2, -0.15) is 0 Å². The van der Waals surface area contributed by atoms with E-state index in [2.05, 4.69) is 10.3 Å². The maximum Gasteiger partial charge on any atom is 0.253 e. The third kappa shape index (κ3) is 2.22. The topological polar surface area (TPSA) is 68.0 Å². The molecule has 3 N–H and O–H groups in total. The van der Waals surface area contributed by atoms with Crippen LogP contribution < -0.4 is 11.1 Å². The number of nitrogens with zero attached hydrogens (tertiary/aromatic N) is 1. The first-order valence-electron chi connectivity index (χ1n) is 5.57. The fourth-order valence-electron chi connectivity index (χ4n) is 1.72. The van der Waals surface area contributed by atoms with E-state index in [9.17, 15) is 4.79 Å². The van der Waals surface area contributed by atoms with Gasteiger partial charge in [0, 0.05) is 23.9 Å². The van der Waals surface area contributed by atoms with E-state index in [0.29, 0.717) is 18.7 Å². The van der Waals surface area contributed by atoms with Gasteiger partial charge in [0.15, 0.2) is 0 Å². The average Bonchev–Trinajstić information content (AvgIpc) is 3.07. The van der Waals surface area contributed by atoms with Gasteiger partial charge in [0.25, 0.3) is 5.91 Å². The first kappa shape index (κ1) is 11.1. The molecule has 16 heavy (non-hydrogen) atoms. The van der Waals surface area contributed by atoms with Gasteiger partial charge in [-0.25, -0.2) is 0 Å². The third-order valence-corrected chi connectivity index (χ3v) is 3.27. The molecule has 1 fully saturated rings. The molecule has 0 bridgehead atoms. The molecule has 1 aliphatic rings. The Morgan fingerprint density at radius 2 is 2.38 bits per heavy atom. The number of carbonyl (C=O) groups excluding carboxylic acids is 1. The average molecular weight is 219 g/mol. The van der Waals surface area contributed by atoms with E-state index in [1.165, 1.54) is 0 Å². The zero-order chi connectivity index (χ0) is 11.6. The Kier molecular flexibility index (Phi) is 2.92. The molecule has 2 rings (SSSR count). The number of carbonyl (C=O) groups is 1. The van der Waals surface area contributed by atoms with Crippen molar-refractivity contribution >= 4 is 5.91 Å². The van der Waals surface area contributed by atoms with Crippen LogP contribution in [0.3, 0.4) is 0 Å². The number of aromatic nitrogens is 1. The van der Waals surface area contributed by atoms with Crippen LogP contribution in [0.15, 0.2) is 18.3 Å². The second-order valence-corrected chi connectivity index (χ2v) is 4.52. The molecule has 0 saturated heterocycles. The lowest BCUT2D eigenvalue weighted by Gasteiger charge is -2.13. The standard InChI is InChI=1S/C12H17N3O/c1-9-10(3-2-6-14-9)11(16)15-8-12(7-13)4-5-12/h2-3,6H,4-5,7-8,13H2,1H3,(H,15,16). The van der Waals surface area contributed by atoms with Crippen LogP contribution in [-0.2, 0) is 0 Å². The van der Waals surface area contributed by atoms with Gasteiger partial charge in [-0.05, 0) is 38.4 Å². The monoisotopic (exact) mass is 219 g/mol. The molecule has 1 amide bonds. The predicted octanol–water partition coefficient (Wildman–Crippen LogP) is 0.859. The number of nitrogens with two attached hydrogens (primary N) is 1. The molecule has 1 aromatic rings. The summed E-state index contributed by atoms with van der Waals surface area (Å²) in [5.41, 5.74) is 7.24. The minimum atomic E-state index is -0.0506. The lowest BCUT2D eigenvalue weighted by molar-refractivity contribution is 0.0944. The van der Waals surface area contributed by atoms with Gasteiger partial charge < -0.3 is 11.1 Å². The Balaban J connectivity index is 1.96. The van der Waals surface area contributed by atoms with Gasteiger partial charge in [-0.1, -0.05) is 0 Å². The molecule has 1 aliphatic carbocycles. The number of rotatable bonds is 4. The van der Waals surface area contributed by atoms with Crippen LogP contribution in [0.5, 0.6) is 0 Å². The van der Waals surface area contributed by atoms with Crippen molar-refractivity contribution in [2.75, 3.05) is 13.1 Å². The molecular weight excluding hydrogens is 202 g/mol. The fraction of sp³-hybridized carbons (Fsp3) is 0.500. The quantitative estimate of drug-likeness (QED) is 0.789. The first-order chi connectivity index (χ1) is 7.67. The fourth-order valence-corrected chi connectivity index (χ4v) is 1.72. The van der Waals surface area contributed by atoms with E-state index < -0.39 is 0 Å². The molecular formula is C12H17N3O. The second kappa shape index (κ2) is 4.22. The van der Waals surface area contributed by atoms with E-state index in [0.717, 1.165) is 18.5 Å². The molecule has 1 saturated carbocycles. The van der Waals surface area contributed by atoms with Crippen LogP contribution in [0.4, 0.5) is 0 Å². The Morgan fingerprint density at radius 1 is 1.62 bits per heavy atom. The smallest absolute Gasteiger partial charge is 0.253 e. The Hall–Kier alpha value is -1.42. The van der Waals surface area contributed by atoms with Crippen molar-refractivity contribution in [2.24, 2.45) is 11.1 Å². The minimum Gasteiger partial charge on any atom is -0.351 e. The van der Waals surface area contributed by atoms with E-state index >= 15 is 0 Å². The molecule has 0 spiro atoms. The first-order valence-corrected chi connectivity index (χ1v) is 5.57. The lowest BCUT2D eigenvalue weighted by Crippen LogP contribution is -2.34. The van der Waals surface area contributed by atoms with Crippen molar-refractivity contribution < 1.29 is 4.79 Å². The summed E-state index contributed by atoms with van der Waals surface area (Å²) in [5.74, 6) is -0.0506. The van der Waals surface area contributed by atoms with Gasteiger partial charge in [-0.3, -0.25) is 9.78 Å². The summed E-state index contributed by atoms with van der Waals surface area (Å²) < 4.78 is 0. The summed E-state index contributed by atoms with van der Waals surface area (Å²) in [7, 11) is 0. The number of aryl methyl sites for hydroxylation is 1. The highest BCUT2D eigenvalue weighted by atomic mass is 16.1. The summed E-state index contributed by atoms with van der Waals surface area (Å²) in [6.07, 6.45) is 3.93. The molecule has 4 nitrogen and oxygen atoms in total. The zero-order valence-corrected chi connectivity index (χ0v) is 9.49. The minimum absolute atomic E-state index is 0.0506. The SMILES string of the molecule is Cc1ncccc1C(=O)NCC1(CN)CC1. The highest BCUT2D eigenvalue weighted by molar-refractivity contribution is 5.95. The van der Waals surface area contributed by atoms with Gasteiger partial charge in [0.2, 0.25) is 0 Å². The summed E-state index contributed by atoms with van der Waals surface area (Å²) in [5, 5.41) is 2.93. The Morgan fingerprint density at radius 3 is 2.94 bits per heavy atom. The highest BCUT2D eigenvalue weighted by Gasteiger charge is 2.41. The third-order valence-electron chi connectivity index (χ3n) is 3.27. The van der Waals surface area contributed by atoms with Crippen molar-refractivity contribution in [1.82, 2.24) is 10.3 Å². The maximum absolute atomic E-state index is 11.9. The van der Waals surface area contributed by atoms with Crippen molar-refractivity contribution in [1.29, 1.82) is 0 Å². The summed E-state index contributed by atoms with van der Waals surface area (Å²) in [6, 6.07) is 3.57. The van der Waals surface area contributed by atoms with Crippen LogP contribution in [0.2, 0.25) is 0 Å². The van der Waals surface area contributed by atoms with Gasteiger partial charge in [0.05, 0.1) is 5.56 Å². The van der Waals surface area contributed by atoms with Crippen molar-refractivity contribution in [3.8, 4) is 0 Å². The van der Waals surface area contributed by atoms with Crippen LogP contribution >= 0.6 is 0 Å². The molecule has 0 unspecified atom stereocenters. The largest absolute Gasteiger partial charge is 0.351 e. The van der Waals surface area contributed by atoms with Crippen LogP contribution in [0.25, 0.3) is 0 Å². The Labute approximate surface area is 95.3 Å². The highest BCUT2D eigenvalue weighted by Crippen LogP contribution is 2.43. The number of nitrogens with one attached hydrogen (secondary N) is 1. The summed E-state index contributed by atoms with van der Waals surface area (Å²) in [6.45, 7) is 3.17. The van der Waals surface area contributed by atoms with E-state index in [-0.39, 0.29) is 11.3 Å².